The number of anilines is 1. The van der Waals surface area contributed by atoms with Crippen molar-refractivity contribution in [2.75, 3.05) is 11.1 Å². The fraction of sp³-hybridized carbons (Fsp3) is 0.600. The number of aliphatic hydroxyl groups excluding tert-OH is 1. The Kier molecular flexibility index (Phi) is 6.33. The number of thioether (sulfide) groups is 1. The number of rotatable bonds is 8. The topological polar surface area (TPSA) is 107 Å². The molecule has 9 nitrogen and oxygen atoms in total. The molecule has 2 aromatic heterocycles. The molecule has 0 bridgehead atoms. The van der Waals surface area contributed by atoms with Crippen LogP contribution < -0.4 is 5.32 Å². The first-order valence-corrected chi connectivity index (χ1v) is 13.7. The monoisotopic (exact) mass is 532 g/mol. The molecule has 0 amide bonds. The number of aliphatic hydroxyl groups is 1. The van der Waals surface area contributed by atoms with Gasteiger partial charge in [-0.2, -0.15) is 0 Å². The molecule has 3 aliphatic rings. The second-order valence-corrected chi connectivity index (χ2v) is 11.5. The molecule has 1 aromatic carbocycles. The van der Waals surface area contributed by atoms with E-state index in [-0.39, 0.29) is 24.1 Å². The second-order valence-electron chi connectivity index (χ2n) is 10.5. The van der Waals surface area contributed by atoms with Crippen LogP contribution >= 0.6 is 11.8 Å². The summed E-state index contributed by atoms with van der Waals surface area (Å²) in [7, 11) is 0. The van der Waals surface area contributed by atoms with E-state index in [0.717, 1.165) is 36.6 Å². The summed E-state index contributed by atoms with van der Waals surface area (Å²) in [5.74, 6) is -1.01. The molecule has 37 heavy (non-hydrogen) atoms. The Labute approximate surface area is 217 Å². The Hall–Kier alpha value is -2.41. The molecule has 6 rings (SSSR count). The maximum absolute atomic E-state index is 13.8. The lowest BCUT2D eigenvalue weighted by molar-refractivity contribution is -0.165. The van der Waals surface area contributed by atoms with Gasteiger partial charge in [0, 0.05) is 24.1 Å². The van der Waals surface area contributed by atoms with Crippen LogP contribution in [0.25, 0.3) is 11.2 Å². The van der Waals surface area contributed by atoms with E-state index in [1.807, 2.05) is 13.8 Å². The lowest BCUT2D eigenvalue weighted by Gasteiger charge is -2.22. The summed E-state index contributed by atoms with van der Waals surface area (Å²) in [6.45, 7) is 5.80. The van der Waals surface area contributed by atoms with Gasteiger partial charge in [0.1, 0.15) is 12.2 Å². The third-order valence-corrected chi connectivity index (χ3v) is 8.17. The number of halogens is 2. The van der Waals surface area contributed by atoms with Crippen molar-refractivity contribution < 1.29 is 23.4 Å². The summed E-state index contributed by atoms with van der Waals surface area (Å²) in [4.78, 5) is 9.54. The number of ether oxygens (including phenoxy) is 2. The highest BCUT2D eigenvalue weighted by molar-refractivity contribution is 7.99. The molecule has 2 aliphatic carbocycles. The van der Waals surface area contributed by atoms with Gasteiger partial charge in [0.05, 0.1) is 12.1 Å². The molecule has 3 fully saturated rings. The van der Waals surface area contributed by atoms with E-state index in [9.17, 15) is 13.9 Å². The maximum Gasteiger partial charge on any atom is 0.191 e. The van der Waals surface area contributed by atoms with Crippen LogP contribution in [0, 0.1) is 11.6 Å². The molecule has 0 spiro atoms. The van der Waals surface area contributed by atoms with Gasteiger partial charge in [0.2, 0.25) is 0 Å². The molecule has 2 saturated carbocycles. The molecule has 3 aromatic rings. The number of aromatic nitrogens is 5. The van der Waals surface area contributed by atoms with Gasteiger partial charge < -0.3 is 19.9 Å². The minimum Gasteiger partial charge on any atom is -0.390 e. The number of nitrogens with zero attached hydrogens (tertiary/aromatic N) is 5. The van der Waals surface area contributed by atoms with E-state index in [1.54, 1.807) is 22.5 Å². The van der Waals surface area contributed by atoms with E-state index >= 15 is 0 Å². The highest BCUT2D eigenvalue weighted by atomic mass is 32.2. The normalized spacial score (nSPS) is 30.1. The summed E-state index contributed by atoms with van der Waals surface area (Å²) in [6.07, 6.45) is 1.77. The quantitative estimate of drug-likeness (QED) is 0.251. The van der Waals surface area contributed by atoms with Crippen molar-refractivity contribution in [2.45, 2.75) is 93.7 Å². The molecule has 6 atom stereocenters. The van der Waals surface area contributed by atoms with Gasteiger partial charge in [0.15, 0.2) is 39.6 Å². The summed E-state index contributed by atoms with van der Waals surface area (Å²) in [5.41, 5.74) is 1.83. The minimum absolute atomic E-state index is 0.00616. The fourth-order valence-corrected chi connectivity index (χ4v) is 6.24. The van der Waals surface area contributed by atoms with Crippen molar-refractivity contribution in [3.8, 4) is 0 Å². The average Bonchev–Trinajstić information content (AvgIpc) is 3.21. The lowest BCUT2D eigenvalue weighted by atomic mass is 10.1. The van der Waals surface area contributed by atoms with Crippen LogP contribution in [0.15, 0.2) is 23.4 Å². The first-order valence-electron chi connectivity index (χ1n) is 12.7. The summed E-state index contributed by atoms with van der Waals surface area (Å²) >= 11 is 1.57. The molecule has 0 radical (unpaired) electrons. The van der Waals surface area contributed by atoms with E-state index in [2.05, 4.69) is 22.6 Å². The van der Waals surface area contributed by atoms with Gasteiger partial charge in [-0.3, -0.25) is 0 Å². The first-order chi connectivity index (χ1) is 17.7. The molecular weight excluding hydrogens is 502 g/mol. The summed E-state index contributed by atoms with van der Waals surface area (Å²) < 4.78 is 41.0. The molecule has 1 unspecified atom stereocenters. The number of fused-ring (bicyclic) bond motifs is 2. The average molecular weight is 533 g/mol. The summed E-state index contributed by atoms with van der Waals surface area (Å²) in [5, 5.41) is 23.5. The first kappa shape index (κ1) is 24.9. The fourth-order valence-electron chi connectivity index (χ4n) is 5.32. The number of unbranched alkanes of at least 4 members (excludes halogenated alkanes) is 1. The van der Waals surface area contributed by atoms with Crippen molar-refractivity contribution in [2.24, 2.45) is 0 Å². The van der Waals surface area contributed by atoms with Crippen LogP contribution in [0.3, 0.4) is 0 Å². The minimum atomic E-state index is -0.851. The van der Waals surface area contributed by atoms with Gasteiger partial charge in [0.25, 0.3) is 0 Å². The van der Waals surface area contributed by atoms with Crippen molar-refractivity contribution >= 4 is 28.7 Å². The van der Waals surface area contributed by atoms with Crippen molar-refractivity contribution in [3.05, 3.63) is 35.4 Å². The van der Waals surface area contributed by atoms with Gasteiger partial charge in [-0.05, 0) is 44.4 Å². The molecule has 3 heterocycles. The Bertz CT molecular complexity index is 1320. The molecular formula is C25H30F2N6O3S. The lowest BCUT2D eigenvalue weighted by Crippen LogP contribution is -2.29. The highest BCUT2D eigenvalue weighted by Crippen LogP contribution is 2.46. The number of benzene rings is 1. The van der Waals surface area contributed by atoms with Crippen molar-refractivity contribution in [3.63, 3.8) is 0 Å². The zero-order valence-corrected chi connectivity index (χ0v) is 21.7. The van der Waals surface area contributed by atoms with Gasteiger partial charge in [-0.1, -0.05) is 36.4 Å². The van der Waals surface area contributed by atoms with Crippen molar-refractivity contribution in [1.29, 1.82) is 0 Å². The van der Waals surface area contributed by atoms with Gasteiger partial charge in [-0.15, -0.1) is 5.10 Å². The van der Waals surface area contributed by atoms with E-state index < -0.39 is 29.6 Å². The van der Waals surface area contributed by atoms with E-state index in [1.165, 1.54) is 6.07 Å². The predicted molar refractivity (Wildman–Crippen MR) is 133 cm³/mol. The number of hydrogen-bond donors (Lipinski definition) is 2. The van der Waals surface area contributed by atoms with E-state index in [0.29, 0.717) is 28.6 Å². The third kappa shape index (κ3) is 4.68. The highest BCUT2D eigenvalue weighted by Gasteiger charge is 2.55. The predicted octanol–water partition coefficient (Wildman–Crippen LogP) is 4.19. The van der Waals surface area contributed by atoms with Crippen LogP contribution in [0.5, 0.6) is 0 Å². The van der Waals surface area contributed by atoms with Crippen LogP contribution in [-0.4, -0.2) is 66.0 Å². The third-order valence-electron chi connectivity index (χ3n) is 7.24. The van der Waals surface area contributed by atoms with Gasteiger partial charge >= 0.3 is 0 Å². The number of hydrogen-bond acceptors (Lipinski definition) is 9. The molecule has 12 heteroatoms. The smallest absolute Gasteiger partial charge is 0.191 e. The molecule has 1 saturated heterocycles. The van der Waals surface area contributed by atoms with Crippen LogP contribution in [-0.2, 0) is 9.47 Å². The zero-order valence-electron chi connectivity index (χ0n) is 20.9. The zero-order chi connectivity index (χ0) is 25.9. The Morgan fingerprint density at radius 3 is 2.76 bits per heavy atom. The Balaban J connectivity index is 1.31. The molecule has 2 N–H and O–H groups in total. The number of nitrogens with one attached hydrogen (secondary N) is 1. The largest absolute Gasteiger partial charge is 0.390 e. The Morgan fingerprint density at radius 1 is 1.16 bits per heavy atom. The van der Waals surface area contributed by atoms with Gasteiger partial charge in [-0.25, -0.2) is 23.4 Å². The summed E-state index contributed by atoms with van der Waals surface area (Å²) in [6, 6.07) is 3.75. The van der Waals surface area contributed by atoms with Crippen LogP contribution in [0.2, 0.25) is 0 Å². The van der Waals surface area contributed by atoms with Crippen LogP contribution in [0.4, 0.5) is 14.6 Å². The Morgan fingerprint density at radius 2 is 1.97 bits per heavy atom. The van der Waals surface area contributed by atoms with Crippen molar-refractivity contribution in [1.82, 2.24) is 25.0 Å². The molecule has 1 aliphatic heterocycles. The second kappa shape index (κ2) is 9.40. The van der Waals surface area contributed by atoms with E-state index in [4.69, 9.17) is 19.4 Å². The SMILES string of the molecule is CCCCSc1nc(N[C@@H]2C[C@H]2c2ccc(F)c(F)c2)c2nnn(C3C[C@H](O)[C@H]4OC(C)(C)O[C@@H]34)c2n1. The standard InChI is InChI=1S/C25H30F2N6O3S/c1-4-5-8-37-24-29-22(28-16-10-13(16)12-6-7-14(26)15(27)9-12)19-23(30-24)33(32-31-19)17-11-18(34)21-20(17)35-25(2,3)36-21/h6-7,9,13,16-18,20-21,34H,4-5,8,10-11H2,1-3H3,(H,28,29,30)/t13-,16+,17?,18-,20-,21+/m0/s1. The molecule has 198 valence electrons. The maximum atomic E-state index is 13.8. The van der Waals surface area contributed by atoms with Crippen LogP contribution in [0.1, 0.15) is 64.0 Å².